The van der Waals surface area contributed by atoms with Gasteiger partial charge in [-0.2, -0.15) is 0 Å². The standard InChI is InChI=1S/C16H32N2O2/c1-12(2)7-8-14-5-4-6-15(14)18-16(20)17-11-13(3)9-10-19/h12-15,19H,4-11H2,1-3H3,(H2,17,18,20). The van der Waals surface area contributed by atoms with Crippen LogP contribution in [0.3, 0.4) is 0 Å². The van der Waals surface area contributed by atoms with Crippen molar-refractivity contribution in [2.24, 2.45) is 17.8 Å². The lowest BCUT2D eigenvalue weighted by Gasteiger charge is -2.22. The summed E-state index contributed by atoms with van der Waals surface area (Å²) in [6.07, 6.45) is 6.80. The van der Waals surface area contributed by atoms with Crippen molar-refractivity contribution in [1.29, 1.82) is 0 Å². The number of amides is 2. The first-order valence-electron chi connectivity index (χ1n) is 8.18. The molecular weight excluding hydrogens is 252 g/mol. The van der Waals surface area contributed by atoms with E-state index in [9.17, 15) is 4.79 Å². The third kappa shape index (κ3) is 6.60. The van der Waals surface area contributed by atoms with Gasteiger partial charge in [-0.15, -0.1) is 0 Å². The average molecular weight is 284 g/mol. The molecule has 0 radical (unpaired) electrons. The van der Waals surface area contributed by atoms with Crippen molar-refractivity contribution >= 4 is 6.03 Å². The van der Waals surface area contributed by atoms with Crippen LogP contribution in [0.4, 0.5) is 4.79 Å². The van der Waals surface area contributed by atoms with Crippen LogP contribution in [-0.2, 0) is 0 Å². The Labute approximate surface area is 123 Å². The van der Waals surface area contributed by atoms with Gasteiger partial charge in [0.2, 0.25) is 0 Å². The maximum Gasteiger partial charge on any atom is 0.315 e. The van der Waals surface area contributed by atoms with Gasteiger partial charge in [0.25, 0.3) is 0 Å². The van der Waals surface area contributed by atoms with Gasteiger partial charge in [0.05, 0.1) is 0 Å². The molecule has 20 heavy (non-hydrogen) atoms. The van der Waals surface area contributed by atoms with Crippen LogP contribution in [0, 0.1) is 17.8 Å². The van der Waals surface area contributed by atoms with Gasteiger partial charge in [-0.25, -0.2) is 4.79 Å². The zero-order chi connectivity index (χ0) is 15.0. The second-order valence-electron chi connectivity index (χ2n) is 6.74. The molecule has 4 nitrogen and oxygen atoms in total. The molecule has 1 aliphatic rings. The summed E-state index contributed by atoms with van der Waals surface area (Å²) < 4.78 is 0. The molecule has 0 saturated heterocycles. The van der Waals surface area contributed by atoms with E-state index in [2.05, 4.69) is 24.5 Å². The first-order valence-corrected chi connectivity index (χ1v) is 8.18. The maximum atomic E-state index is 11.9. The van der Waals surface area contributed by atoms with Gasteiger partial charge < -0.3 is 15.7 Å². The summed E-state index contributed by atoms with van der Waals surface area (Å²) in [5, 5.41) is 14.9. The summed E-state index contributed by atoms with van der Waals surface area (Å²) in [4.78, 5) is 11.9. The number of carbonyl (C=O) groups is 1. The Hall–Kier alpha value is -0.770. The van der Waals surface area contributed by atoms with Crippen LogP contribution < -0.4 is 10.6 Å². The van der Waals surface area contributed by atoms with Gasteiger partial charge >= 0.3 is 6.03 Å². The Morgan fingerprint density at radius 3 is 2.65 bits per heavy atom. The quantitative estimate of drug-likeness (QED) is 0.642. The molecule has 0 aliphatic heterocycles. The highest BCUT2D eigenvalue weighted by molar-refractivity contribution is 5.74. The van der Waals surface area contributed by atoms with Crippen molar-refractivity contribution in [2.45, 2.75) is 65.3 Å². The Bertz CT molecular complexity index is 282. The predicted molar refractivity (Wildman–Crippen MR) is 82.6 cm³/mol. The third-order valence-corrected chi connectivity index (χ3v) is 4.32. The Morgan fingerprint density at radius 1 is 1.25 bits per heavy atom. The molecule has 0 aromatic rings. The molecular formula is C16H32N2O2. The first kappa shape index (κ1) is 17.3. The van der Waals surface area contributed by atoms with E-state index in [4.69, 9.17) is 5.11 Å². The van der Waals surface area contributed by atoms with Crippen molar-refractivity contribution in [1.82, 2.24) is 10.6 Å². The monoisotopic (exact) mass is 284 g/mol. The summed E-state index contributed by atoms with van der Waals surface area (Å²) >= 11 is 0. The van der Waals surface area contributed by atoms with E-state index in [0.717, 1.165) is 18.8 Å². The van der Waals surface area contributed by atoms with Crippen LogP contribution in [0.2, 0.25) is 0 Å². The van der Waals surface area contributed by atoms with Crippen molar-refractivity contribution in [2.75, 3.05) is 13.2 Å². The molecule has 0 aromatic carbocycles. The summed E-state index contributed by atoms with van der Waals surface area (Å²) in [6, 6.07) is 0.304. The van der Waals surface area contributed by atoms with Crippen molar-refractivity contribution < 1.29 is 9.90 Å². The molecule has 118 valence electrons. The molecule has 0 aromatic heterocycles. The lowest BCUT2D eigenvalue weighted by molar-refractivity contribution is 0.226. The summed E-state index contributed by atoms with van der Waals surface area (Å²) in [7, 11) is 0. The number of urea groups is 1. The summed E-state index contributed by atoms with van der Waals surface area (Å²) in [5.41, 5.74) is 0. The normalized spacial score (nSPS) is 23.9. The van der Waals surface area contributed by atoms with Gasteiger partial charge in [-0.3, -0.25) is 0 Å². The minimum absolute atomic E-state index is 0.0452. The van der Waals surface area contributed by atoms with Crippen molar-refractivity contribution in [3.8, 4) is 0 Å². The molecule has 0 bridgehead atoms. The molecule has 1 rings (SSSR count). The largest absolute Gasteiger partial charge is 0.396 e. The summed E-state index contributed by atoms with van der Waals surface area (Å²) in [6.45, 7) is 7.37. The van der Waals surface area contributed by atoms with Crippen molar-refractivity contribution in [3.63, 3.8) is 0 Å². The van der Waals surface area contributed by atoms with E-state index < -0.39 is 0 Å². The van der Waals surface area contributed by atoms with Crippen LogP contribution in [-0.4, -0.2) is 30.3 Å². The van der Waals surface area contributed by atoms with Gasteiger partial charge in [-0.05, 0) is 43.4 Å². The smallest absolute Gasteiger partial charge is 0.315 e. The van der Waals surface area contributed by atoms with E-state index in [1.807, 2.05) is 6.92 Å². The molecule has 0 spiro atoms. The van der Waals surface area contributed by atoms with Crippen LogP contribution in [0.5, 0.6) is 0 Å². The number of aliphatic hydroxyl groups is 1. The number of nitrogens with one attached hydrogen (secondary N) is 2. The molecule has 3 N–H and O–H groups in total. The third-order valence-electron chi connectivity index (χ3n) is 4.32. The highest BCUT2D eigenvalue weighted by Gasteiger charge is 2.28. The van der Waals surface area contributed by atoms with Gasteiger partial charge in [0.1, 0.15) is 0 Å². The minimum atomic E-state index is -0.0452. The zero-order valence-corrected chi connectivity index (χ0v) is 13.3. The van der Waals surface area contributed by atoms with Gasteiger partial charge in [0.15, 0.2) is 0 Å². The Balaban J connectivity index is 2.25. The van der Waals surface area contributed by atoms with E-state index >= 15 is 0 Å². The minimum Gasteiger partial charge on any atom is -0.396 e. The molecule has 4 heteroatoms. The Kier molecular flexibility index (Phi) is 7.97. The lowest BCUT2D eigenvalue weighted by atomic mass is 9.94. The average Bonchev–Trinajstić information content (AvgIpc) is 2.81. The molecule has 1 aliphatic carbocycles. The topological polar surface area (TPSA) is 61.4 Å². The number of hydrogen-bond donors (Lipinski definition) is 3. The van der Waals surface area contributed by atoms with E-state index in [0.29, 0.717) is 24.4 Å². The van der Waals surface area contributed by atoms with Crippen LogP contribution in [0.25, 0.3) is 0 Å². The molecule has 2 amide bonds. The fraction of sp³-hybridized carbons (Fsp3) is 0.938. The number of aliphatic hydroxyl groups excluding tert-OH is 1. The van der Waals surface area contributed by atoms with Crippen LogP contribution in [0.1, 0.15) is 59.3 Å². The van der Waals surface area contributed by atoms with Gasteiger partial charge in [-0.1, -0.05) is 33.6 Å². The zero-order valence-electron chi connectivity index (χ0n) is 13.3. The lowest BCUT2D eigenvalue weighted by Crippen LogP contribution is -2.44. The van der Waals surface area contributed by atoms with Crippen LogP contribution in [0.15, 0.2) is 0 Å². The molecule has 1 saturated carbocycles. The second kappa shape index (κ2) is 9.22. The number of carbonyl (C=O) groups excluding carboxylic acids is 1. The van der Waals surface area contributed by atoms with Crippen molar-refractivity contribution in [3.05, 3.63) is 0 Å². The molecule has 0 heterocycles. The number of hydrogen-bond acceptors (Lipinski definition) is 2. The SMILES string of the molecule is CC(C)CCC1CCCC1NC(=O)NCC(C)CCO. The van der Waals surface area contributed by atoms with Gasteiger partial charge in [0, 0.05) is 19.2 Å². The fourth-order valence-corrected chi connectivity index (χ4v) is 2.93. The second-order valence-corrected chi connectivity index (χ2v) is 6.74. The summed E-state index contributed by atoms with van der Waals surface area (Å²) in [5.74, 6) is 1.72. The van der Waals surface area contributed by atoms with E-state index in [-0.39, 0.29) is 12.6 Å². The first-order chi connectivity index (χ1) is 9.52. The van der Waals surface area contributed by atoms with E-state index in [1.165, 1.54) is 25.7 Å². The molecule has 3 atom stereocenters. The van der Waals surface area contributed by atoms with E-state index in [1.54, 1.807) is 0 Å². The maximum absolute atomic E-state index is 11.9. The predicted octanol–water partition coefficient (Wildman–Crippen LogP) is 2.91. The highest BCUT2D eigenvalue weighted by atomic mass is 16.3. The molecule has 3 unspecified atom stereocenters. The Morgan fingerprint density at radius 2 is 2.00 bits per heavy atom. The number of rotatable bonds is 8. The van der Waals surface area contributed by atoms with Crippen LogP contribution >= 0.6 is 0 Å². The highest BCUT2D eigenvalue weighted by Crippen LogP contribution is 2.30. The molecule has 1 fully saturated rings. The fourth-order valence-electron chi connectivity index (χ4n) is 2.93.